The molecule has 10 nitrogen and oxygen atoms in total. The van der Waals surface area contributed by atoms with E-state index in [9.17, 15) is 19.8 Å². The van der Waals surface area contributed by atoms with Gasteiger partial charge in [-0.3, -0.25) is 0 Å². The summed E-state index contributed by atoms with van der Waals surface area (Å²) in [6.45, 7) is 4.65. The van der Waals surface area contributed by atoms with Gasteiger partial charge in [0, 0.05) is 13.2 Å². The largest absolute Gasteiger partial charge is 0.497 e. The molecular weight excluding hydrogens is 551 g/mol. The fourth-order valence-corrected chi connectivity index (χ4v) is 4.39. The van der Waals surface area contributed by atoms with Gasteiger partial charge in [-0.05, 0) is 63.5 Å². The molecule has 3 unspecified atom stereocenters. The first-order valence-electron chi connectivity index (χ1n) is 13.3. The van der Waals surface area contributed by atoms with E-state index >= 15 is 4.39 Å². The number of esters is 1. The van der Waals surface area contributed by atoms with Gasteiger partial charge in [0.15, 0.2) is 18.7 Å². The van der Waals surface area contributed by atoms with Crippen LogP contribution in [0.25, 0.3) is 6.08 Å². The molecular formula is C31H37FO10. The van der Waals surface area contributed by atoms with Crippen molar-refractivity contribution in [2.75, 3.05) is 21.0 Å². The minimum absolute atomic E-state index is 0.00591. The lowest BCUT2D eigenvalue weighted by molar-refractivity contribution is -0.154. The van der Waals surface area contributed by atoms with E-state index in [1.54, 1.807) is 56.3 Å². The second kappa shape index (κ2) is 14.9. The van der Waals surface area contributed by atoms with E-state index in [0.717, 1.165) is 6.08 Å². The highest BCUT2D eigenvalue weighted by Crippen LogP contribution is 2.36. The molecule has 2 aromatic rings. The van der Waals surface area contributed by atoms with Crippen molar-refractivity contribution < 1.29 is 52.6 Å². The first kappa shape index (κ1) is 32.7. The number of hydrogen-bond acceptors (Lipinski definition) is 9. The van der Waals surface area contributed by atoms with E-state index in [4.69, 9.17) is 28.4 Å². The van der Waals surface area contributed by atoms with E-state index < -0.39 is 48.0 Å². The number of aliphatic hydroxyl groups is 1. The Morgan fingerprint density at radius 1 is 1.14 bits per heavy atom. The topological polar surface area (TPSA) is 130 Å². The maximum atomic E-state index is 15.6. The number of aromatic carboxylic acids is 1. The van der Waals surface area contributed by atoms with E-state index in [-0.39, 0.29) is 42.1 Å². The van der Waals surface area contributed by atoms with Gasteiger partial charge in [-0.1, -0.05) is 30.4 Å². The molecule has 0 saturated carbocycles. The smallest absolute Gasteiger partial charge is 0.340 e. The Balaban J connectivity index is 1.93. The minimum Gasteiger partial charge on any atom is -0.497 e. The van der Waals surface area contributed by atoms with Gasteiger partial charge in [0.25, 0.3) is 0 Å². The van der Waals surface area contributed by atoms with Crippen LogP contribution in [0.15, 0.2) is 60.4 Å². The zero-order chi connectivity index (χ0) is 30.9. The van der Waals surface area contributed by atoms with Crippen LogP contribution in [0.4, 0.5) is 4.39 Å². The van der Waals surface area contributed by atoms with Crippen LogP contribution in [0.1, 0.15) is 59.9 Å². The summed E-state index contributed by atoms with van der Waals surface area (Å²) in [6, 6.07) is 11.1. The molecule has 1 aliphatic rings. The summed E-state index contributed by atoms with van der Waals surface area (Å²) in [5, 5.41) is 19.6. The van der Waals surface area contributed by atoms with Crippen LogP contribution < -0.4 is 9.47 Å². The molecule has 1 saturated heterocycles. The molecule has 0 amide bonds. The van der Waals surface area contributed by atoms with Crippen molar-refractivity contribution in [1.29, 1.82) is 0 Å². The minimum atomic E-state index is -1.47. The van der Waals surface area contributed by atoms with E-state index in [1.165, 1.54) is 33.3 Å². The van der Waals surface area contributed by atoms with E-state index in [1.807, 2.05) is 0 Å². The summed E-state index contributed by atoms with van der Waals surface area (Å²) in [4.78, 5) is 25.0. The number of benzene rings is 2. The Morgan fingerprint density at radius 3 is 2.48 bits per heavy atom. The first-order valence-corrected chi connectivity index (χ1v) is 13.3. The summed E-state index contributed by atoms with van der Waals surface area (Å²) >= 11 is 0. The molecule has 0 spiro atoms. The third-order valence-corrected chi connectivity index (χ3v) is 6.24. The molecule has 1 heterocycles. The first-order chi connectivity index (χ1) is 20.0. The zero-order valence-corrected chi connectivity index (χ0v) is 24.2. The number of rotatable bonds is 14. The average Bonchev–Trinajstić information content (AvgIpc) is 3.26. The number of carboxylic acid groups (broad SMARTS) is 1. The fourth-order valence-electron chi connectivity index (χ4n) is 4.39. The van der Waals surface area contributed by atoms with Crippen molar-refractivity contribution in [3.05, 3.63) is 77.1 Å². The predicted octanol–water partition coefficient (Wildman–Crippen LogP) is 5.15. The van der Waals surface area contributed by atoms with Crippen molar-refractivity contribution in [2.24, 2.45) is 0 Å². The Hall–Kier alpha value is -3.77. The molecule has 0 radical (unpaired) electrons. The average molecular weight is 589 g/mol. The highest BCUT2D eigenvalue weighted by atomic mass is 19.1. The summed E-state index contributed by atoms with van der Waals surface area (Å²) in [6.07, 6.45) is 0.352. The van der Waals surface area contributed by atoms with Gasteiger partial charge in [-0.2, -0.15) is 0 Å². The second-order valence-corrected chi connectivity index (χ2v) is 10.1. The van der Waals surface area contributed by atoms with Crippen molar-refractivity contribution in [1.82, 2.24) is 0 Å². The number of halogens is 1. The molecule has 1 aliphatic heterocycles. The molecule has 3 rings (SSSR count). The quantitative estimate of drug-likeness (QED) is 0.226. The van der Waals surface area contributed by atoms with Crippen LogP contribution in [-0.4, -0.2) is 73.4 Å². The number of hydrogen-bond donors (Lipinski definition) is 2. The molecule has 42 heavy (non-hydrogen) atoms. The highest BCUT2D eigenvalue weighted by Gasteiger charge is 2.47. The van der Waals surface area contributed by atoms with Gasteiger partial charge >= 0.3 is 11.9 Å². The second-order valence-electron chi connectivity index (χ2n) is 10.1. The Labute approximate surface area is 244 Å². The maximum absolute atomic E-state index is 15.6. The standard InChI is InChI=1S/C31H37FO10/c1-19(33)14-15-23(32)27(40-30(36)20-10-7-6-8-11-20)28-24(41-31(2,3)42-28)13-9-12-21-16-22(38-5)17-25(39-18-37-4)26(21)29(34)35/h6-12,15-17,19,24,27-28,33H,13-14,18H2,1-5H3,(H,34,35)/t19?,24-,27?,28?/m0/s1. The molecule has 0 aliphatic carbocycles. The molecule has 2 aromatic carbocycles. The van der Waals surface area contributed by atoms with Gasteiger partial charge in [0.05, 0.1) is 24.9 Å². The summed E-state index contributed by atoms with van der Waals surface area (Å²) in [5.41, 5.74) is 0.412. The van der Waals surface area contributed by atoms with Gasteiger partial charge in [0.2, 0.25) is 0 Å². The molecule has 1 fully saturated rings. The lowest BCUT2D eigenvalue weighted by Crippen LogP contribution is -2.39. The normalized spacial score (nSPS) is 19.8. The third-order valence-electron chi connectivity index (χ3n) is 6.24. The molecule has 228 valence electrons. The molecule has 0 aromatic heterocycles. The van der Waals surface area contributed by atoms with Gasteiger partial charge in [-0.15, -0.1) is 0 Å². The van der Waals surface area contributed by atoms with Crippen LogP contribution in [-0.2, 0) is 18.9 Å². The number of carboxylic acids is 1. The zero-order valence-electron chi connectivity index (χ0n) is 24.2. The SMILES string of the molecule is COCOc1cc(OC)cc(C=CC[C@@H]2OC(C)(C)OC2C(OC(=O)c2ccccc2)C(F)=CCC(C)O)c1C(=O)O. The van der Waals surface area contributed by atoms with Gasteiger partial charge in [0.1, 0.15) is 29.0 Å². The number of methoxy groups -OCH3 is 2. The van der Waals surface area contributed by atoms with Crippen molar-refractivity contribution in [3.63, 3.8) is 0 Å². The maximum Gasteiger partial charge on any atom is 0.340 e. The Morgan fingerprint density at radius 2 is 1.86 bits per heavy atom. The highest BCUT2D eigenvalue weighted by molar-refractivity contribution is 5.95. The molecule has 2 N–H and O–H groups in total. The van der Waals surface area contributed by atoms with Gasteiger partial charge in [-0.25, -0.2) is 14.0 Å². The van der Waals surface area contributed by atoms with Crippen molar-refractivity contribution >= 4 is 18.0 Å². The number of carbonyl (C=O) groups excluding carboxylic acids is 1. The van der Waals surface area contributed by atoms with Crippen LogP contribution >= 0.6 is 0 Å². The van der Waals surface area contributed by atoms with Crippen LogP contribution in [0.5, 0.6) is 11.5 Å². The lowest BCUT2D eigenvalue weighted by atomic mass is 10.0. The molecule has 0 bridgehead atoms. The number of aliphatic hydroxyl groups excluding tert-OH is 1. The molecule has 4 atom stereocenters. The van der Waals surface area contributed by atoms with Gasteiger partial charge < -0.3 is 38.6 Å². The van der Waals surface area contributed by atoms with Crippen LogP contribution in [0.3, 0.4) is 0 Å². The van der Waals surface area contributed by atoms with Crippen molar-refractivity contribution in [3.8, 4) is 11.5 Å². The monoisotopic (exact) mass is 588 g/mol. The van der Waals surface area contributed by atoms with Crippen LogP contribution in [0, 0.1) is 0 Å². The summed E-state index contributed by atoms with van der Waals surface area (Å²) < 4.78 is 48.9. The third kappa shape index (κ3) is 8.86. The molecule has 11 heteroatoms. The fraction of sp³-hybridized carbons (Fsp3) is 0.419. The van der Waals surface area contributed by atoms with Crippen molar-refractivity contribution in [2.45, 2.75) is 63.8 Å². The summed E-state index contributed by atoms with van der Waals surface area (Å²) in [7, 11) is 2.85. The lowest BCUT2D eigenvalue weighted by Gasteiger charge is -2.25. The number of carbonyl (C=O) groups is 2. The number of ether oxygens (including phenoxy) is 6. The predicted molar refractivity (Wildman–Crippen MR) is 151 cm³/mol. The van der Waals surface area contributed by atoms with E-state index in [2.05, 4.69) is 0 Å². The Bertz CT molecular complexity index is 1270. The summed E-state index contributed by atoms with van der Waals surface area (Å²) in [5.74, 6) is -3.49. The van der Waals surface area contributed by atoms with Crippen LogP contribution in [0.2, 0.25) is 0 Å². The Kier molecular flexibility index (Phi) is 11.6. The van der Waals surface area contributed by atoms with E-state index in [0.29, 0.717) is 5.75 Å².